The quantitative estimate of drug-likeness (QED) is 0.835. The molecule has 1 aromatic rings. The third-order valence-corrected chi connectivity index (χ3v) is 4.66. The molecule has 120 valence electrons. The van der Waals surface area contributed by atoms with Crippen LogP contribution in [0.4, 0.5) is 0 Å². The highest BCUT2D eigenvalue weighted by molar-refractivity contribution is 6.29. The molecule has 6 heteroatoms. The number of halogens is 1. The Morgan fingerprint density at radius 3 is 2.68 bits per heavy atom. The fourth-order valence-electron chi connectivity index (χ4n) is 2.85. The van der Waals surface area contributed by atoms with Crippen LogP contribution in [-0.2, 0) is 0 Å². The van der Waals surface area contributed by atoms with E-state index in [2.05, 4.69) is 10.3 Å². The Balaban J connectivity index is 1.72. The second kappa shape index (κ2) is 6.84. The first-order valence-electron chi connectivity index (χ1n) is 7.95. The van der Waals surface area contributed by atoms with E-state index >= 15 is 0 Å². The lowest BCUT2D eigenvalue weighted by atomic mass is 9.92. The van der Waals surface area contributed by atoms with Crippen molar-refractivity contribution in [3.63, 3.8) is 0 Å². The summed E-state index contributed by atoms with van der Waals surface area (Å²) in [5, 5.41) is 13.2. The average molecular weight is 325 g/mol. The summed E-state index contributed by atoms with van der Waals surface area (Å²) in [4.78, 5) is 16.6. The molecular formula is C16H21ClN2O3. The molecule has 0 unspecified atom stereocenters. The van der Waals surface area contributed by atoms with Gasteiger partial charge in [0.2, 0.25) is 5.88 Å². The van der Waals surface area contributed by atoms with Crippen molar-refractivity contribution in [3.05, 3.63) is 22.8 Å². The van der Waals surface area contributed by atoms with Crippen LogP contribution in [0.15, 0.2) is 12.1 Å². The zero-order valence-corrected chi connectivity index (χ0v) is 13.2. The molecule has 1 amide bonds. The normalized spacial score (nSPS) is 25.4. The fourth-order valence-corrected chi connectivity index (χ4v) is 2.99. The van der Waals surface area contributed by atoms with Crippen LogP contribution in [0.2, 0.25) is 5.15 Å². The number of aliphatic hydroxyl groups excluding tert-OH is 1. The van der Waals surface area contributed by atoms with Crippen molar-refractivity contribution < 1.29 is 14.6 Å². The number of carbonyl (C=O) groups is 1. The van der Waals surface area contributed by atoms with E-state index in [9.17, 15) is 9.90 Å². The van der Waals surface area contributed by atoms with Crippen LogP contribution >= 0.6 is 11.6 Å². The van der Waals surface area contributed by atoms with Crippen LogP contribution in [0.3, 0.4) is 0 Å². The first-order chi connectivity index (χ1) is 10.6. The lowest BCUT2D eigenvalue weighted by Gasteiger charge is -2.29. The number of hydrogen-bond acceptors (Lipinski definition) is 4. The smallest absolute Gasteiger partial charge is 0.257 e. The number of nitrogens with one attached hydrogen (secondary N) is 1. The molecule has 0 spiro atoms. The maximum Gasteiger partial charge on any atom is 0.257 e. The van der Waals surface area contributed by atoms with E-state index in [0.29, 0.717) is 16.6 Å². The Hall–Kier alpha value is -1.33. The molecule has 0 saturated heterocycles. The molecule has 2 aliphatic carbocycles. The van der Waals surface area contributed by atoms with Gasteiger partial charge in [0.25, 0.3) is 5.91 Å². The maximum absolute atomic E-state index is 12.5. The number of hydrogen-bond donors (Lipinski definition) is 2. The van der Waals surface area contributed by atoms with Gasteiger partial charge in [0, 0.05) is 0 Å². The molecule has 1 heterocycles. The van der Waals surface area contributed by atoms with Gasteiger partial charge in [0.15, 0.2) is 0 Å². The third-order valence-electron chi connectivity index (χ3n) is 4.45. The van der Waals surface area contributed by atoms with Crippen LogP contribution in [0.5, 0.6) is 5.88 Å². The van der Waals surface area contributed by atoms with E-state index < -0.39 is 6.10 Å². The molecule has 2 saturated carbocycles. The van der Waals surface area contributed by atoms with Crippen LogP contribution in [-0.4, -0.2) is 34.2 Å². The molecule has 5 nitrogen and oxygen atoms in total. The summed E-state index contributed by atoms with van der Waals surface area (Å²) in [6.07, 6.45) is 6.31. The summed E-state index contributed by atoms with van der Waals surface area (Å²) in [5.74, 6) is 0.0319. The molecular weight excluding hydrogens is 304 g/mol. The minimum Gasteiger partial charge on any atom is -0.474 e. The lowest BCUT2D eigenvalue weighted by molar-refractivity contribution is 0.0704. The maximum atomic E-state index is 12.5. The monoisotopic (exact) mass is 324 g/mol. The van der Waals surface area contributed by atoms with Crippen molar-refractivity contribution in [2.75, 3.05) is 0 Å². The fraction of sp³-hybridized carbons (Fsp3) is 0.625. The topological polar surface area (TPSA) is 71.5 Å². The van der Waals surface area contributed by atoms with E-state index in [1.54, 1.807) is 12.1 Å². The van der Waals surface area contributed by atoms with Gasteiger partial charge in [0.1, 0.15) is 16.8 Å². The summed E-state index contributed by atoms with van der Waals surface area (Å²) < 4.78 is 5.78. The Kier molecular flexibility index (Phi) is 4.84. The highest BCUT2D eigenvalue weighted by atomic mass is 35.5. The number of rotatable bonds is 4. The second-order valence-electron chi connectivity index (χ2n) is 6.09. The minimum absolute atomic E-state index is 0.123. The van der Waals surface area contributed by atoms with Gasteiger partial charge < -0.3 is 15.2 Å². The molecule has 22 heavy (non-hydrogen) atoms. The summed E-state index contributed by atoms with van der Waals surface area (Å²) >= 11 is 5.92. The standard InChI is InChI=1S/C16H21ClN2O3/c17-14-9-8-11(16(19-14)22-10-4-3-5-10)15(21)18-12-6-1-2-7-13(12)20/h8-10,12-13,20H,1-7H2,(H,18,21)/t12-,13+/m0/s1. The summed E-state index contributed by atoms with van der Waals surface area (Å²) in [6.45, 7) is 0. The first kappa shape index (κ1) is 15.6. The largest absolute Gasteiger partial charge is 0.474 e. The molecule has 2 atom stereocenters. The van der Waals surface area contributed by atoms with Crippen LogP contribution < -0.4 is 10.1 Å². The highest BCUT2D eigenvalue weighted by Gasteiger charge is 2.27. The zero-order valence-electron chi connectivity index (χ0n) is 12.4. The van der Waals surface area contributed by atoms with E-state index in [-0.39, 0.29) is 18.1 Å². The van der Waals surface area contributed by atoms with Crippen LogP contribution in [0.25, 0.3) is 0 Å². The van der Waals surface area contributed by atoms with Crippen LogP contribution in [0.1, 0.15) is 55.3 Å². The van der Waals surface area contributed by atoms with Crippen LogP contribution in [0, 0.1) is 0 Å². The average Bonchev–Trinajstić information content (AvgIpc) is 2.45. The zero-order chi connectivity index (χ0) is 15.5. The first-order valence-corrected chi connectivity index (χ1v) is 8.33. The molecule has 0 aromatic carbocycles. The second-order valence-corrected chi connectivity index (χ2v) is 6.48. The Morgan fingerprint density at radius 2 is 2.00 bits per heavy atom. The van der Waals surface area contributed by atoms with E-state index in [0.717, 1.165) is 44.9 Å². The third kappa shape index (κ3) is 3.52. The Morgan fingerprint density at radius 1 is 1.23 bits per heavy atom. The number of ether oxygens (including phenoxy) is 1. The van der Waals surface area contributed by atoms with Gasteiger partial charge in [-0.3, -0.25) is 4.79 Å². The molecule has 0 bridgehead atoms. The molecule has 0 aliphatic heterocycles. The molecule has 2 N–H and O–H groups in total. The molecule has 2 fully saturated rings. The number of aliphatic hydroxyl groups is 1. The van der Waals surface area contributed by atoms with Crippen molar-refractivity contribution >= 4 is 17.5 Å². The number of amides is 1. The molecule has 0 radical (unpaired) electrons. The number of pyridine rings is 1. The number of carbonyl (C=O) groups excluding carboxylic acids is 1. The predicted molar refractivity (Wildman–Crippen MR) is 83.2 cm³/mol. The van der Waals surface area contributed by atoms with Crippen molar-refractivity contribution in [2.24, 2.45) is 0 Å². The van der Waals surface area contributed by atoms with E-state index in [1.807, 2.05) is 0 Å². The summed E-state index contributed by atoms with van der Waals surface area (Å²) in [5.41, 5.74) is 0.383. The summed E-state index contributed by atoms with van der Waals surface area (Å²) in [7, 11) is 0. The van der Waals surface area contributed by atoms with Crippen molar-refractivity contribution in [2.45, 2.75) is 63.2 Å². The minimum atomic E-state index is -0.478. The SMILES string of the molecule is O=C(N[C@H]1CCCC[C@H]1O)c1ccc(Cl)nc1OC1CCC1. The van der Waals surface area contributed by atoms with E-state index in [4.69, 9.17) is 16.3 Å². The van der Waals surface area contributed by atoms with Gasteiger partial charge in [-0.15, -0.1) is 0 Å². The van der Waals surface area contributed by atoms with E-state index in [1.165, 1.54) is 0 Å². The Bertz CT molecular complexity index is 548. The van der Waals surface area contributed by atoms with Gasteiger partial charge in [-0.2, -0.15) is 0 Å². The van der Waals surface area contributed by atoms with Gasteiger partial charge in [-0.1, -0.05) is 24.4 Å². The van der Waals surface area contributed by atoms with Gasteiger partial charge in [-0.25, -0.2) is 4.98 Å². The summed E-state index contributed by atoms with van der Waals surface area (Å²) in [6, 6.07) is 3.02. The van der Waals surface area contributed by atoms with Gasteiger partial charge in [0.05, 0.1) is 12.1 Å². The van der Waals surface area contributed by atoms with Crippen molar-refractivity contribution in [3.8, 4) is 5.88 Å². The van der Waals surface area contributed by atoms with Crippen molar-refractivity contribution in [1.29, 1.82) is 0 Å². The predicted octanol–water partition coefficient (Wildman–Crippen LogP) is 2.70. The molecule has 2 aliphatic rings. The number of aromatic nitrogens is 1. The Labute approximate surface area is 135 Å². The molecule has 3 rings (SSSR count). The van der Waals surface area contributed by atoms with Gasteiger partial charge in [-0.05, 0) is 44.2 Å². The molecule has 1 aromatic heterocycles. The lowest BCUT2D eigenvalue weighted by Crippen LogP contribution is -2.45. The highest BCUT2D eigenvalue weighted by Crippen LogP contribution is 2.28. The van der Waals surface area contributed by atoms with Gasteiger partial charge >= 0.3 is 0 Å². The number of nitrogens with zero attached hydrogens (tertiary/aromatic N) is 1. The van der Waals surface area contributed by atoms with Crippen molar-refractivity contribution in [1.82, 2.24) is 10.3 Å².